The molecule has 0 unspecified atom stereocenters. The van der Waals surface area contributed by atoms with Crippen molar-refractivity contribution in [2.24, 2.45) is 0 Å². The molecule has 2 aliphatic rings. The lowest BCUT2D eigenvalue weighted by molar-refractivity contribution is -0.141. The van der Waals surface area contributed by atoms with Crippen molar-refractivity contribution in [3.8, 4) is 17.4 Å². The van der Waals surface area contributed by atoms with Crippen LogP contribution < -0.4 is 9.47 Å². The second-order valence-electron chi connectivity index (χ2n) is 9.14. The molecule has 10 heteroatoms. The van der Waals surface area contributed by atoms with Crippen molar-refractivity contribution in [1.82, 2.24) is 14.8 Å². The first-order valence-corrected chi connectivity index (χ1v) is 11.8. The van der Waals surface area contributed by atoms with Crippen LogP contribution in [0, 0.1) is 0 Å². The summed E-state index contributed by atoms with van der Waals surface area (Å²) in [6.07, 6.45) is -3.27. The first-order chi connectivity index (χ1) is 17.7. The summed E-state index contributed by atoms with van der Waals surface area (Å²) >= 11 is 0. The molecule has 1 aromatic heterocycles. The van der Waals surface area contributed by atoms with Crippen molar-refractivity contribution < 1.29 is 32.2 Å². The van der Waals surface area contributed by atoms with E-state index in [0.717, 1.165) is 12.5 Å². The van der Waals surface area contributed by atoms with Crippen LogP contribution in [0.3, 0.4) is 0 Å². The fraction of sp³-hybridized carbons (Fsp3) is 0.296. The van der Waals surface area contributed by atoms with Crippen molar-refractivity contribution in [3.05, 3.63) is 83.6 Å². The van der Waals surface area contributed by atoms with Gasteiger partial charge >= 0.3 is 6.18 Å². The summed E-state index contributed by atoms with van der Waals surface area (Å²) in [4.78, 5) is 33.3. The first-order valence-electron chi connectivity index (χ1n) is 11.8. The molecule has 0 saturated carbocycles. The molecule has 37 heavy (non-hydrogen) atoms. The predicted octanol–water partition coefficient (Wildman–Crippen LogP) is 5.03. The molecule has 2 amide bonds. The molecule has 0 bridgehead atoms. The number of nitrogens with zero attached hydrogens (tertiary/aromatic N) is 3. The van der Waals surface area contributed by atoms with Crippen LogP contribution in [0.4, 0.5) is 13.2 Å². The Morgan fingerprint density at radius 1 is 0.973 bits per heavy atom. The highest BCUT2D eigenvalue weighted by Gasteiger charge is 2.54. The minimum absolute atomic E-state index is 0.161. The van der Waals surface area contributed by atoms with Gasteiger partial charge < -0.3 is 19.3 Å². The zero-order valence-corrected chi connectivity index (χ0v) is 20.0. The largest absolute Gasteiger partial charge is 0.481 e. The summed E-state index contributed by atoms with van der Waals surface area (Å²) in [5, 5.41) is 0. The smallest absolute Gasteiger partial charge is 0.433 e. The van der Waals surface area contributed by atoms with E-state index in [1.165, 1.54) is 18.1 Å². The molecule has 5 rings (SSSR count). The Labute approximate surface area is 211 Å². The van der Waals surface area contributed by atoms with Gasteiger partial charge in [0.25, 0.3) is 11.8 Å². The van der Waals surface area contributed by atoms with Gasteiger partial charge in [0, 0.05) is 31.3 Å². The second kappa shape index (κ2) is 9.42. The lowest BCUT2D eigenvalue weighted by Crippen LogP contribution is -2.69. The van der Waals surface area contributed by atoms with Gasteiger partial charge in [-0.15, -0.1) is 0 Å². The lowest BCUT2D eigenvalue weighted by Gasteiger charge is -2.52. The van der Waals surface area contributed by atoms with E-state index in [9.17, 15) is 22.8 Å². The van der Waals surface area contributed by atoms with Gasteiger partial charge in [0.1, 0.15) is 17.2 Å². The number of rotatable bonds is 5. The molecule has 7 nitrogen and oxygen atoms in total. The molecule has 192 valence electrons. The molecule has 0 radical (unpaired) electrons. The van der Waals surface area contributed by atoms with E-state index in [4.69, 9.17) is 9.47 Å². The summed E-state index contributed by atoms with van der Waals surface area (Å²) in [7, 11) is 1.19. The van der Waals surface area contributed by atoms with Gasteiger partial charge in [0.05, 0.1) is 18.2 Å². The SMILES string of the molecule is COc1cc(C(=O)N2CC3(CCCN3C(=O)c3ccccc3Oc3ccccc3)C2)cc(C(F)(F)F)n1. The molecule has 2 saturated heterocycles. The van der Waals surface area contributed by atoms with E-state index in [1.807, 2.05) is 18.2 Å². The molecule has 0 aliphatic carbocycles. The van der Waals surface area contributed by atoms with Crippen LogP contribution >= 0.6 is 0 Å². The Morgan fingerprint density at radius 2 is 1.68 bits per heavy atom. The normalized spacial score (nSPS) is 16.4. The third-order valence-electron chi connectivity index (χ3n) is 6.74. The zero-order valence-electron chi connectivity index (χ0n) is 20.0. The predicted molar refractivity (Wildman–Crippen MR) is 128 cm³/mol. The highest BCUT2D eigenvalue weighted by Crippen LogP contribution is 2.41. The third-order valence-corrected chi connectivity index (χ3v) is 6.74. The van der Waals surface area contributed by atoms with E-state index in [-0.39, 0.29) is 30.4 Å². The average molecular weight is 512 g/mol. The Bertz CT molecular complexity index is 1320. The molecular formula is C27H24F3N3O4. The third kappa shape index (κ3) is 4.71. The maximum Gasteiger partial charge on any atom is 0.433 e. The molecule has 3 aromatic rings. The highest BCUT2D eigenvalue weighted by atomic mass is 19.4. The Morgan fingerprint density at radius 3 is 2.38 bits per heavy atom. The number of aromatic nitrogens is 1. The fourth-order valence-electron chi connectivity index (χ4n) is 4.95. The van der Waals surface area contributed by atoms with Crippen LogP contribution in [0.2, 0.25) is 0 Å². The number of carbonyl (C=O) groups excluding carboxylic acids is 2. The number of para-hydroxylation sites is 2. The Hall–Kier alpha value is -4.08. The van der Waals surface area contributed by atoms with Crippen molar-refractivity contribution in [1.29, 1.82) is 0 Å². The van der Waals surface area contributed by atoms with E-state index in [2.05, 4.69) is 4.98 Å². The quantitative estimate of drug-likeness (QED) is 0.481. The number of carbonyl (C=O) groups is 2. The minimum atomic E-state index is -4.72. The van der Waals surface area contributed by atoms with Crippen LogP contribution in [0.25, 0.3) is 0 Å². The number of benzene rings is 2. The number of amides is 2. The second-order valence-corrected chi connectivity index (χ2v) is 9.14. The van der Waals surface area contributed by atoms with E-state index >= 15 is 0 Å². The molecule has 1 spiro atoms. The summed E-state index contributed by atoms with van der Waals surface area (Å²) in [6, 6.07) is 18.0. The monoisotopic (exact) mass is 511 g/mol. The number of hydrogen-bond donors (Lipinski definition) is 0. The van der Waals surface area contributed by atoms with E-state index in [0.29, 0.717) is 30.0 Å². The van der Waals surface area contributed by atoms with Gasteiger partial charge in [-0.25, -0.2) is 4.98 Å². The first kappa shape index (κ1) is 24.6. The molecule has 3 heterocycles. The van der Waals surface area contributed by atoms with Crippen molar-refractivity contribution in [2.75, 3.05) is 26.7 Å². The maximum atomic E-state index is 13.6. The molecule has 2 aromatic carbocycles. The number of ether oxygens (including phenoxy) is 2. The summed E-state index contributed by atoms with van der Waals surface area (Å²) < 4.78 is 50.6. The standard InChI is InChI=1S/C27H24F3N3O4/c1-36-23-15-18(14-22(31-23)27(28,29)30)24(34)32-16-26(17-32)12-7-13-33(26)25(35)20-10-5-6-11-21(20)37-19-8-3-2-4-9-19/h2-6,8-11,14-15H,7,12-13,16-17H2,1H3. The van der Waals surface area contributed by atoms with Crippen LogP contribution in [0.5, 0.6) is 17.4 Å². The van der Waals surface area contributed by atoms with Gasteiger partial charge in [0.2, 0.25) is 5.88 Å². The highest BCUT2D eigenvalue weighted by molar-refractivity contribution is 5.99. The van der Waals surface area contributed by atoms with Crippen LogP contribution in [-0.4, -0.2) is 58.9 Å². The number of pyridine rings is 1. The molecule has 2 aliphatic heterocycles. The Balaban J connectivity index is 1.34. The van der Waals surface area contributed by atoms with Crippen LogP contribution in [-0.2, 0) is 6.18 Å². The van der Waals surface area contributed by atoms with Crippen LogP contribution in [0.1, 0.15) is 39.3 Å². The van der Waals surface area contributed by atoms with Crippen molar-refractivity contribution >= 4 is 11.8 Å². The molecule has 0 N–H and O–H groups in total. The lowest BCUT2D eigenvalue weighted by atomic mass is 9.85. The van der Waals surface area contributed by atoms with Crippen molar-refractivity contribution in [2.45, 2.75) is 24.6 Å². The molecule has 2 fully saturated rings. The number of hydrogen-bond acceptors (Lipinski definition) is 5. The number of likely N-dealkylation sites (tertiary alicyclic amines) is 2. The summed E-state index contributed by atoms with van der Waals surface area (Å²) in [6.45, 7) is 0.971. The number of methoxy groups -OCH3 is 1. The topological polar surface area (TPSA) is 72.0 Å². The number of halogens is 3. The summed E-state index contributed by atoms with van der Waals surface area (Å²) in [5.74, 6) is -0.0343. The maximum absolute atomic E-state index is 13.6. The van der Waals surface area contributed by atoms with Crippen LogP contribution in [0.15, 0.2) is 66.7 Å². The van der Waals surface area contributed by atoms with Gasteiger partial charge in [-0.05, 0) is 43.2 Å². The van der Waals surface area contributed by atoms with Gasteiger partial charge in [-0.2, -0.15) is 13.2 Å². The van der Waals surface area contributed by atoms with Gasteiger partial charge in [-0.1, -0.05) is 30.3 Å². The van der Waals surface area contributed by atoms with E-state index in [1.54, 1.807) is 41.3 Å². The zero-order chi connectivity index (χ0) is 26.2. The fourth-order valence-corrected chi connectivity index (χ4v) is 4.95. The Kier molecular flexibility index (Phi) is 6.26. The van der Waals surface area contributed by atoms with Crippen molar-refractivity contribution in [3.63, 3.8) is 0 Å². The minimum Gasteiger partial charge on any atom is -0.481 e. The molecule has 0 atom stereocenters. The average Bonchev–Trinajstić information content (AvgIpc) is 3.32. The molecular weight excluding hydrogens is 487 g/mol. The van der Waals surface area contributed by atoms with Gasteiger partial charge in [-0.3, -0.25) is 9.59 Å². The summed E-state index contributed by atoms with van der Waals surface area (Å²) in [5.41, 5.74) is -1.52. The number of alkyl halides is 3. The van der Waals surface area contributed by atoms with E-state index < -0.39 is 23.3 Å². The van der Waals surface area contributed by atoms with Gasteiger partial charge in [0.15, 0.2) is 0 Å².